The normalized spacial score (nSPS) is 13.0. The van der Waals surface area contributed by atoms with Gasteiger partial charge in [-0.1, -0.05) is 0 Å². The zero-order chi connectivity index (χ0) is 11.7. The van der Waals surface area contributed by atoms with E-state index in [0.717, 1.165) is 28.4 Å². The molecule has 0 spiro atoms. The molecule has 2 heterocycles. The van der Waals surface area contributed by atoms with Crippen molar-refractivity contribution in [3.8, 4) is 0 Å². The van der Waals surface area contributed by atoms with Crippen LogP contribution in [0.2, 0.25) is 0 Å². The summed E-state index contributed by atoms with van der Waals surface area (Å²) in [4.78, 5) is 0. The third-order valence-electron chi connectivity index (χ3n) is 2.84. The average Bonchev–Trinajstić information content (AvgIpc) is 2.77. The Kier molecular flexibility index (Phi) is 2.88. The van der Waals surface area contributed by atoms with E-state index in [1.165, 1.54) is 0 Å². The fraction of sp³-hybridized carbons (Fsp3) is 0.385. The lowest BCUT2D eigenvalue weighted by molar-refractivity contribution is 0.450. The van der Waals surface area contributed by atoms with E-state index in [1.54, 1.807) is 6.26 Å². The zero-order valence-corrected chi connectivity index (χ0v) is 10.1. The molecule has 16 heavy (non-hydrogen) atoms. The molecular formula is C13H17NO2. The predicted octanol–water partition coefficient (Wildman–Crippen LogP) is 3.11. The first-order valence-corrected chi connectivity index (χ1v) is 5.41. The Morgan fingerprint density at radius 3 is 2.44 bits per heavy atom. The first-order chi connectivity index (χ1) is 7.63. The molecule has 1 unspecified atom stereocenters. The van der Waals surface area contributed by atoms with Crippen LogP contribution in [0.25, 0.3) is 0 Å². The molecule has 0 aliphatic rings. The van der Waals surface area contributed by atoms with Gasteiger partial charge in [0.05, 0.1) is 12.3 Å². The molecule has 0 aliphatic heterocycles. The van der Waals surface area contributed by atoms with Crippen molar-refractivity contribution < 1.29 is 8.83 Å². The molecular weight excluding hydrogens is 202 g/mol. The molecule has 3 heteroatoms. The summed E-state index contributed by atoms with van der Waals surface area (Å²) in [7, 11) is 1.92. The van der Waals surface area contributed by atoms with Crippen LogP contribution in [-0.4, -0.2) is 7.05 Å². The van der Waals surface area contributed by atoms with Crippen LogP contribution in [-0.2, 0) is 0 Å². The van der Waals surface area contributed by atoms with Gasteiger partial charge in [-0.05, 0) is 45.5 Å². The molecule has 0 bridgehead atoms. The van der Waals surface area contributed by atoms with Crippen LogP contribution in [0.1, 0.15) is 34.4 Å². The monoisotopic (exact) mass is 219 g/mol. The molecule has 2 aromatic heterocycles. The molecule has 0 radical (unpaired) electrons. The Bertz CT molecular complexity index is 482. The van der Waals surface area contributed by atoms with Crippen LogP contribution >= 0.6 is 0 Å². The Hall–Kier alpha value is -1.48. The van der Waals surface area contributed by atoms with Gasteiger partial charge in [-0.15, -0.1) is 0 Å². The van der Waals surface area contributed by atoms with E-state index in [2.05, 4.69) is 11.4 Å². The van der Waals surface area contributed by atoms with Crippen LogP contribution in [0.15, 0.2) is 27.2 Å². The summed E-state index contributed by atoms with van der Waals surface area (Å²) in [6, 6.07) is 4.09. The molecule has 0 saturated carbocycles. The van der Waals surface area contributed by atoms with Gasteiger partial charge in [-0.25, -0.2) is 0 Å². The SMILES string of the molecule is CNC(c1cc(C)oc1C)c1occc1C. The highest BCUT2D eigenvalue weighted by Gasteiger charge is 2.21. The lowest BCUT2D eigenvalue weighted by Crippen LogP contribution is -2.18. The first-order valence-electron chi connectivity index (χ1n) is 5.41. The Labute approximate surface area is 95.5 Å². The van der Waals surface area contributed by atoms with E-state index in [9.17, 15) is 0 Å². The summed E-state index contributed by atoms with van der Waals surface area (Å²) in [5.41, 5.74) is 2.29. The second-order valence-electron chi connectivity index (χ2n) is 4.06. The number of hydrogen-bond acceptors (Lipinski definition) is 3. The molecule has 0 aliphatic carbocycles. The highest BCUT2D eigenvalue weighted by molar-refractivity contribution is 5.33. The second kappa shape index (κ2) is 4.18. The number of nitrogens with one attached hydrogen (secondary N) is 1. The van der Waals surface area contributed by atoms with Crippen molar-refractivity contribution in [3.63, 3.8) is 0 Å². The van der Waals surface area contributed by atoms with Crippen molar-refractivity contribution in [2.45, 2.75) is 26.8 Å². The Morgan fingerprint density at radius 1 is 1.25 bits per heavy atom. The van der Waals surface area contributed by atoms with E-state index >= 15 is 0 Å². The van der Waals surface area contributed by atoms with E-state index < -0.39 is 0 Å². The molecule has 1 N–H and O–H groups in total. The van der Waals surface area contributed by atoms with Crippen LogP contribution in [0.5, 0.6) is 0 Å². The molecule has 2 aromatic rings. The number of furan rings is 2. The van der Waals surface area contributed by atoms with E-state index in [-0.39, 0.29) is 6.04 Å². The summed E-state index contributed by atoms with van der Waals surface area (Å²) in [6.07, 6.45) is 1.72. The fourth-order valence-electron chi connectivity index (χ4n) is 2.05. The number of hydrogen-bond donors (Lipinski definition) is 1. The van der Waals surface area contributed by atoms with Crippen LogP contribution < -0.4 is 5.32 Å². The molecule has 1 atom stereocenters. The molecule has 3 nitrogen and oxygen atoms in total. The highest BCUT2D eigenvalue weighted by Crippen LogP contribution is 2.29. The molecule has 0 amide bonds. The van der Waals surface area contributed by atoms with Gasteiger partial charge in [0.25, 0.3) is 0 Å². The number of aryl methyl sites for hydroxylation is 3. The van der Waals surface area contributed by atoms with Crippen molar-refractivity contribution in [3.05, 3.63) is 46.8 Å². The summed E-state index contributed by atoms with van der Waals surface area (Å²) < 4.78 is 11.1. The van der Waals surface area contributed by atoms with Gasteiger partial charge < -0.3 is 14.2 Å². The van der Waals surface area contributed by atoms with Crippen LogP contribution in [0.4, 0.5) is 0 Å². The van der Waals surface area contributed by atoms with Gasteiger partial charge in [-0.2, -0.15) is 0 Å². The standard InChI is InChI=1S/C13H17NO2/c1-8-5-6-15-13(8)12(14-4)11-7-9(2)16-10(11)3/h5-7,12,14H,1-4H3. The third-order valence-corrected chi connectivity index (χ3v) is 2.84. The van der Waals surface area contributed by atoms with E-state index in [0.29, 0.717) is 0 Å². The Morgan fingerprint density at radius 2 is 2.00 bits per heavy atom. The Balaban J connectivity index is 2.44. The van der Waals surface area contributed by atoms with Crippen LogP contribution in [0, 0.1) is 20.8 Å². The summed E-state index contributed by atoms with van der Waals surface area (Å²) in [5.74, 6) is 2.82. The minimum Gasteiger partial charge on any atom is -0.467 e. The van der Waals surface area contributed by atoms with Gasteiger partial charge in [0.2, 0.25) is 0 Å². The van der Waals surface area contributed by atoms with E-state index in [1.807, 2.05) is 33.9 Å². The maximum absolute atomic E-state index is 5.55. The second-order valence-corrected chi connectivity index (χ2v) is 4.06. The maximum atomic E-state index is 5.55. The average molecular weight is 219 g/mol. The topological polar surface area (TPSA) is 38.3 Å². The molecule has 0 aromatic carbocycles. The van der Waals surface area contributed by atoms with Gasteiger partial charge in [-0.3, -0.25) is 0 Å². The van der Waals surface area contributed by atoms with Crippen LogP contribution in [0.3, 0.4) is 0 Å². The lowest BCUT2D eigenvalue weighted by Gasteiger charge is -2.13. The maximum Gasteiger partial charge on any atom is 0.128 e. The minimum absolute atomic E-state index is 0.0625. The molecule has 0 saturated heterocycles. The zero-order valence-electron chi connectivity index (χ0n) is 10.1. The third kappa shape index (κ3) is 1.78. The summed E-state index contributed by atoms with van der Waals surface area (Å²) in [5, 5.41) is 3.26. The van der Waals surface area contributed by atoms with Crippen molar-refractivity contribution in [2.75, 3.05) is 7.05 Å². The molecule has 2 rings (SSSR count). The smallest absolute Gasteiger partial charge is 0.128 e. The van der Waals surface area contributed by atoms with Gasteiger partial charge >= 0.3 is 0 Å². The van der Waals surface area contributed by atoms with E-state index in [4.69, 9.17) is 8.83 Å². The first kappa shape index (κ1) is 11.0. The van der Waals surface area contributed by atoms with Crippen molar-refractivity contribution in [2.24, 2.45) is 0 Å². The van der Waals surface area contributed by atoms with Gasteiger partial charge in [0, 0.05) is 5.56 Å². The fourth-order valence-corrected chi connectivity index (χ4v) is 2.05. The van der Waals surface area contributed by atoms with Gasteiger partial charge in [0.1, 0.15) is 17.3 Å². The quantitative estimate of drug-likeness (QED) is 0.862. The van der Waals surface area contributed by atoms with Crippen molar-refractivity contribution in [1.29, 1.82) is 0 Å². The largest absolute Gasteiger partial charge is 0.467 e. The predicted molar refractivity (Wildman–Crippen MR) is 62.5 cm³/mol. The number of rotatable bonds is 3. The molecule has 0 fully saturated rings. The van der Waals surface area contributed by atoms with Gasteiger partial charge in [0.15, 0.2) is 0 Å². The minimum atomic E-state index is 0.0625. The summed E-state index contributed by atoms with van der Waals surface area (Å²) >= 11 is 0. The van der Waals surface area contributed by atoms with Crippen molar-refractivity contribution in [1.82, 2.24) is 5.32 Å². The summed E-state index contributed by atoms with van der Waals surface area (Å²) in [6.45, 7) is 5.98. The molecule has 86 valence electrons. The van der Waals surface area contributed by atoms with Crippen molar-refractivity contribution >= 4 is 0 Å². The lowest BCUT2D eigenvalue weighted by atomic mass is 10.0. The highest BCUT2D eigenvalue weighted by atomic mass is 16.3.